The molecule has 1 fully saturated rings. The van der Waals surface area contributed by atoms with Crippen LogP contribution in [0.2, 0.25) is 0 Å². The summed E-state index contributed by atoms with van der Waals surface area (Å²) >= 11 is 0. The largest absolute Gasteiger partial charge is 0.399 e. The van der Waals surface area contributed by atoms with E-state index in [0.717, 1.165) is 19.3 Å². The number of sulfonamides is 1. The Morgan fingerprint density at radius 3 is 2.60 bits per heavy atom. The van der Waals surface area contributed by atoms with Crippen LogP contribution in [-0.4, -0.2) is 39.4 Å². The number of nitrogens with two attached hydrogens (primary N) is 1. The maximum absolute atomic E-state index is 12.9. The molecule has 0 saturated carbocycles. The molecule has 2 N–H and O–H groups in total. The quantitative estimate of drug-likeness (QED) is 0.865. The highest BCUT2D eigenvalue weighted by atomic mass is 32.2. The minimum Gasteiger partial charge on any atom is -0.399 e. The van der Waals surface area contributed by atoms with Crippen molar-refractivity contribution in [3.05, 3.63) is 18.2 Å². The fourth-order valence-electron chi connectivity index (χ4n) is 2.66. The molecule has 1 aromatic carbocycles. The van der Waals surface area contributed by atoms with E-state index in [2.05, 4.69) is 0 Å². The van der Waals surface area contributed by atoms with Crippen molar-refractivity contribution in [2.24, 2.45) is 0 Å². The Bertz CT molecular complexity index is 584. The van der Waals surface area contributed by atoms with Crippen LogP contribution in [0.4, 0.5) is 11.4 Å². The molecule has 6 heteroatoms. The van der Waals surface area contributed by atoms with E-state index in [1.807, 2.05) is 21.0 Å². The molecule has 112 valence electrons. The lowest BCUT2D eigenvalue weighted by Crippen LogP contribution is -2.42. The minimum absolute atomic E-state index is 0.0465. The summed E-state index contributed by atoms with van der Waals surface area (Å²) in [6.45, 7) is 2.56. The van der Waals surface area contributed by atoms with Crippen LogP contribution in [-0.2, 0) is 10.0 Å². The maximum atomic E-state index is 12.9. The molecule has 20 heavy (non-hydrogen) atoms. The zero-order valence-electron chi connectivity index (χ0n) is 12.3. The molecule has 1 aliphatic heterocycles. The third kappa shape index (κ3) is 2.76. The zero-order chi connectivity index (χ0) is 14.9. The fraction of sp³-hybridized carbons (Fsp3) is 0.571. The average Bonchev–Trinajstić information content (AvgIpc) is 2.38. The van der Waals surface area contributed by atoms with Gasteiger partial charge in [0.25, 0.3) is 0 Å². The molecule has 1 heterocycles. The first-order valence-electron chi connectivity index (χ1n) is 6.92. The number of anilines is 2. The predicted molar refractivity (Wildman–Crippen MR) is 82.4 cm³/mol. The van der Waals surface area contributed by atoms with E-state index < -0.39 is 10.0 Å². The van der Waals surface area contributed by atoms with Gasteiger partial charge in [-0.3, -0.25) is 0 Å². The Balaban J connectivity index is 2.50. The summed E-state index contributed by atoms with van der Waals surface area (Å²) in [6.07, 6.45) is 2.92. The van der Waals surface area contributed by atoms with Crippen LogP contribution in [0.15, 0.2) is 23.1 Å². The second-order valence-corrected chi connectivity index (χ2v) is 7.44. The molecule has 0 aliphatic carbocycles. The molecule has 2 rings (SSSR count). The van der Waals surface area contributed by atoms with E-state index in [0.29, 0.717) is 22.8 Å². The number of hydrogen-bond acceptors (Lipinski definition) is 4. The summed E-state index contributed by atoms with van der Waals surface area (Å²) in [4.78, 5) is 2.11. The van der Waals surface area contributed by atoms with Gasteiger partial charge in [-0.2, -0.15) is 4.31 Å². The highest BCUT2D eigenvalue weighted by Crippen LogP contribution is 2.32. The summed E-state index contributed by atoms with van der Waals surface area (Å²) in [7, 11) is 0.177. The number of rotatable bonds is 3. The summed E-state index contributed by atoms with van der Waals surface area (Å²) in [6, 6.07) is 5.10. The first-order chi connectivity index (χ1) is 9.34. The Kier molecular flexibility index (Phi) is 4.25. The standard InChI is InChI=1S/C14H23N3O2S/c1-11-6-4-5-9-17(11)20(18,19)14-10-12(15)7-8-13(14)16(2)3/h7-8,10-11H,4-6,9,15H2,1-3H3. The molecule has 5 nitrogen and oxygen atoms in total. The van der Waals surface area contributed by atoms with Gasteiger partial charge in [-0.05, 0) is 38.0 Å². The maximum Gasteiger partial charge on any atom is 0.245 e. The Labute approximate surface area is 121 Å². The van der Waals surface area contributed by atoms with Gasteiger partial charge in [-0.1, -0.05) is 6.42 Å². The van der Waals surface area contributed by atoms with Crippen molar-refractivity contribution < 1.29 is 8.42 Å². The van der Waals surface area contributed by atoms with Crippen molar-refractivity contribution in [2.75, 3.05) is 31.3 Å². The third-order valence-electron chi connectivity index (χ3n) is 3.79. The van der Waals surface area contributed by atoms with Gasteiger partial charge in [0.1, 0.15) is 4.90 Å². The van der Waals surface area contributed by atoms with Crippen LogP contribution in [0.1, 0.15) is 26.2 Å². The van der Waals surface area contributed by atoms with Gasteiger partial charge in [-0.15, -0.1) is 0 Å². The van der Waals surface area contributed by atoms with Crippen LogP contribution in [0.5, 0.6) is 0 Å². The zero-order valence-corrected chi connectivity index (χ0v) is 13.2. The molecule has 1 saturated heterocycles. The van der Waals surface area contributed by atoms with Crippen LogP contribution >= 0.6 is 0 Å². The normalized spacial score (nSPS) is 20.9. The lowest BCUT2D eigenvalue weighted by Gasteiger charge is -2.33. The highest BCUT2D eigenvalue weighted by Gasteiger charge is 2.33. The van der Waals surface area contributed by atoms with Crippen LogP contribution in [0.25, 0.3) is 0 Å². The van der Waals surface area contributed by atoms with Gasteiger partial charge < -0.3 is 10.6 Å². The first kappa shape index (κ1) is 15.1. The van der Waals surface area contributed by atoms with Crippen molar-refractivity contribution in [1.29, 1.82) is 0 Å². The smallest absolute Gasteiger partial charge is 0.245 e. The van der Waals surface area contributed by atoms with E-state index in [-0.39, 0.29) is 6.04 Å². The van der Waals surface area contributed by atoms with Gasteiger partial charge >= 0.3 is 0 Å². The molecule has 0 bridgehead atoms. The molecule has 0 spiro atoms. The van der Waals surface area contributed by atoms with Crippen LogP contribution in [0.3, 0.4) is 0 Å². The number of nitrogens with zero attached hydrogens (tertiary/aromatic N) is 2. The van der Waals surface area contributed by atoms with Crippen molar-refractivity contribution in [2.45, 2.75) is 37.1 Å². The Morgan fingerprint density at radius 1 is 1.30 bits per heavy atom. The van der Waals surface area contributed by atoms with E-state index in [1.54, 1.807) is 27.4 Å². The number of nitrogen functional groups attached to an aromatic ring is 1. The molecule has 0 aromatic heterocycles. The Morgan fingerprint density at radius 2 is 2.00 bits per heavy atom. The SMILES string of the molecule is CC1CCCCN1S(=O)(=O)c1cc(N)ccc1N(C)C. The summed E-state index contributed by atoms with van der Waals surface area (Å²) in [5.41, 5.74) is 6.94. The van der Waals surface area contributed by atoms with Crippen molar-refractivity contribution in [3.63, 3.8) is 0 Å². The number of piperidine rings is 1. The lowest BCUT2D eigenvalue weighted by atomic mass is 10.1. The molecule has 0 amide bonds. The van der Waals surface area contributed by atoms with Crippen molar-refractivity contribution in [3.8, 4) is 0 Å². The second kappa shape index (κ2) is 5.61. The third-order valence-corrected chi connectivity index (χ3v) is 5.84. The van der Waals surface area contributed by atoms with E-state index in [4.69, 9.17) is 5.73 Å². The topological polar surface area (TPSA) is 66.6 Å². The van der Waals surface area contributed by atoms with E-state index >= 15 is 0 Å². The summed E-state index contributed by atoms with van der Waals surface area (Å²) in [5, 5.41) is 0. The van der Waals surface area contributed by atoms with E-state index in [1.165, 1.54) is 0 Å². The molecular formula is C14H23N3O2S. The first-order valence-corrected chi connectivity index (χ1v) is 8.36. The molecular weight excluding hydrogens is 274 g/mol. The van der Waals surface area contributed by atoms with Gasteiger partial charge in [0.2, 0.25) is 10.0 Å². The number of hydrogen-bond donors (Lipinski definition) is 1. The summed E-state index contributed by atoms with van der Waals surface area (Å²) in [5.74, 6) is 0. The molecule has 1 unspecified atom stereocenters. The minimum atomic E-state index is -3.50. The lowest BCUT2D eigenvalue weighted by molar-refractivity contribution is 0.269. The second-order valence-electron chi connectivity index (χ2n) is 5.58. The monoisotopic (exact) mass is 297 g/mol. The van der Waals surface area contributed by atoms with Crippen LogP contribution < -0.4 is 10.6 Å². The van der Waals surface area contributed by atoms with Crippen molar-refractivity contribution >= 4 is 21.4 Å². The molecule has 1 atom stereocenters. The highest BCUT2D eigenvalue weighted by molar-refractivity contribution is 7.89. The average molecular weight is 297 g/mol. The predicted octanol–water partition coefficient (Wildman–Crippen LogP) is 1.90. The number of benzene rings is 1. The van der Waals surface area contributed by atoms with Crippen LogP contribution in [0, 0.1) is 0 Å². The van der Waals surface area contributed by atoms with Gasteiger partial charge in [0.15, 0.2) is 0 Å². The summed E-state index contributed by atoms with van der Waals surface area (Å²) < 4.78 is 27.4. The van der Waals surface area contributed by atoms with E-state index in [9.17, 15) is 8.42 Å². The molecule has 1 aromatic rings. The fourth-order valence-corrected chi connectivity index (χ4v) is 4.66. The molecule has 1 aliphatic rings. The van der Waals surface area contributed by atoms with Gasteiger partial charge in [0.05, 0.1) is 5.69 Å². The molecule has 0 radical (unpaired) electrons. The van der Waals surface area contributed by atoms with Gasteiger partial charge in [-0.25, -0.2) is 8.42 Å². The Hall–Kier alpha value is -1.27. The van der Waals surface area contributed by atoms with Crippen molar-refractivity contribution in [1.82, 2.24) is 4.31 Å². The van der Waals surface area contributed by atoms with Gasteiger partial charge in [0, 0.05) is 32.4 Å².